The fourth-order valence-corrected chi connectivity index (χ4v) is 2.38. The molecule has 92 valence electrons. The molecule has 1 aromatic heterocycles. The highest BCUT2D eigenvalue weighted by atomic mass is 15.3. The summed E-state index contributed by atoms with van der Waals surface area (Å²) in [5.74, 6) is 1.83. The van der Waals surface area contributed by atoms with Crippen molar-refractivity contribution >= 4 is 11.6 Å². The van der Waals surface area contributed by atoms with Crippen LogP contribution in [0.1, 0.15) is 12.8 Å². The van der Waals surface area contributed by atoms with Gasteiger partial charge in [-0.15, -0.1) is 0 Å². The normalized spacial score (nSPS) is 21.6. The smallest absolute Gasteiger partial charge is 0.149 e. The Bertz CT molecular complexity index is 382. The molecule has 0 amide bonds. The van der Waals surface area contributed by atoms with E-state index in [1.54, 1.807) is 6.20 Å². The molecule has 2 fully saturated rings. The van der Waals surface area contributed by atoms with E-state index in [0.29, 0.717) is 0 Å². The van der Waals surface area contributed by atoms with E-state index in [2.05, 4.69) is 25.1 Å². The summed E-state index contributed by atoms with van der Waals surface area (Å²) in [6.07, 6.45) is 6.40. The molecule has 2 heterocycles. The van der Waals surface area contributed by atoms with Crippen LogP contribution in [0, 0.1) is 0 Å². The van der Waals surface area contributed by atoms with Gasteiger partial charge in [0.25, 0.3) is 0 Å². The largest absolute Gasteiger partial charge is 0.372 e. The van der Waals surface area contributed by atoms with E-state index in [4.69, 9.17) is 0 Å². The molecule has 2 aliphatic rings. The molecule has 1 saturated heterocycles. The number of rotatable bonds is 3. The highest BCUT2D eigenvalue weighted by Crippen LogP contribution is 2.28. The lowest BCUT2D eigenvalue weighted by Gasteiger charge is -2.35. The van der Waals surface area contributed by atoms with Gasteiger partial charge in [-0.1, -0.05) is 0 Å². The maximum Gasteiger partial charge on any atom is 0.149 e. The molecule has 3 rings (SSSR count). The highest BCUT2D eigenvalue weighted by molar-refractivity contribution is 5.43. The zero-order valence-corrected chi connectivity index (χ0v) is 10.3. The number of piperazine rings is 1. The quantitative estimate of drug-likeness (QED) is 0.836. The van der Waals surface area contributed by atoms with Gasteiger partial charge in [0.2, 0.25) is 0 Å². The summed E-state index contributed by atoms with van der Waals surface area (Å²) in [6, 6.07) is 0.881. The molecule has 0 radical (unpaired) electrons. The molecule has 5 nitrogen and oxygen atoms in total. The van der Waals surface area contributed by atoms with Crippen molar-refractivity contribution in [1.29, 1.82) is 0 Å². The van der Waals surface area contributed by atoms with E-state index in [9.17, 15) is 0 Å². The zero-order chi connectivity index (χ0) is 11.7. The third-order valence-corrected chi connectivity index (χ3v) is 3.58. The number of nitrogens with zero attached hydrogens (tertiary/aromatic N) is 4. The minimum absolute atomic E-state index is 0.840. The maximum absolute atomic E-state index is 4.53. The molecule has 1 N–H and O–H groups in total. The molecule has 0 unspecified atom stereocenters. The summed E-state index contributed by atoms with van der Waals surface area (Å²) in [7, 11) is 1.87. The lowest BCUT2D eigenvalue weighted by atomic mass is 10.3. The molecule has 1 saturated carbocycles. The van der Waals surface area contributed by atoms with Crippen molar-refractivity contribution in [3.63, 3.8) is 0 Å². The standard InChI is InChI=1S/C12H19N5/c1-13-11-8-14-9-12(15-11)17-6-4-16(5-7-17)10-2-3-10/h8-10H,2-7H2,1H3,(H,13,15). The van der Waals surface area contributed by atoms with Crippen LogP contribution in [0.4, 0.5) is 11.6 Å². The van der Waals surface area contributed by atoms with Crippen LogP contribution in [0.2, 0.25) is 0 Å². The lowest BCUT2D eigenvalue weighted by molar-refractivity contribution is 0.247. The second-order valence-corrected chi connectivity index (χ2v) is 4.77. The SMILES string of the molecule is CNc1cncc(N2CCN(C3CC3)CC2)n1. The van der Waals surface area contributed by atoms with Crippen molar-refractivity contribution in [2.24, 2.45) is 0 Å². The van der Waals surface area contributed by atoms with Crippen molar-refractivity contribution in [3.8, 4) is 0 Å². The Morgan fingerprint density at radius 3 is 2.59 bits per heavy atom. The number of hydrogen-bond donors (Lipinski definition) is 1. The van der Waals surface area contributed by atoms with E-state index in [1.165, 1.54) is 12.8 Å². The minimum Gasteiger partial charge on any atom is -0.372 e. The fourth-order valence-electron chi connectivity index (χ4n) is 2.38. The summed E-state index contributed by atoms with van der Waals surface area (Å²) in [5, 5.41) is 3.03. The summed E-state index contributed by atoms with van der Waals surface area (Å²) < 4.78 is 0. The molecule has 5 heteroatoms. The molecular weight excluding hydrogens is 214 g/mol. The second kappa shape index (κ2) is 4.49. The molecular formula is C12H19N5. The van der Waals surface area contributed by atoms with E-state index >= 15 is 0 Å². The van der Waals surface area contributed by atoms with Gasteiger partial charge in [0.1, 0.15) is 11.6 Å². The first-order valence-corrected chi connectivity index (χ1v) is 6.35. The average Bonchev–Trinajstić information content (AvgIpc) is 3.23. The van der Waals surface area contributed by atoms with Crippen molar-refractivity contribution in [3.05, 3.63) is 12.4 Å². The van der Waals surface area contributed by atoms with Gasteiger partial charge in [-0.05, 0) is 12.8 Å². The predicted molar refractivity (Wildman–Crippen MR) is 68.4 cm³/mol. The first-order valence-electron chi connectivity index (χ1n) is 6.35. The van der Waals surface area contributed by atoms with Crippen LogP contribution in [-0.4, -0.2) is 54.1 Å². The lowest BCUT2D eigenvalue weighted by Crippen LogP contribution is -2.47. The number of hydrogen-bond acceptors (Lipinski definition) is 5. The predicted octanol–water partition coefficient (Wildman–Crippen LogP) is 0.803. The monoisotopic (exact) mass is 233 g/mol. The van der Waals surface area contributed by atoms with Gasteiger partial charge < -0.3 is 10.2 Å². The summed E-state index contributed by atoms with van der Waals surface area (Å²) >= 11 is 0. The molecule has 1 aromatic rings. The molecule has 0 aromatic carbocycles. The third-order valence-electron chi connectivity index (χ3n) is 3.58. The Hall–Kier alpha value is -1.36. The second-order valence-electron chi connectivity index (χ2n) is 4.77. The van der Waals surface area contributed by atoms with Crippen molar-refractivity contribution in [2.75, 3.05) is 43.4 Å². The first kappa shape index (κ1) is 10.8. The van der Waals surface area contributed by atoms with Crippen LogP contribution < -0.4 is 10.2 Å². The van der Waals surface area contributed by atoms with Crippen LogP contribution in [0.3, 0.4) is 0 Å². The van der Waals surface area contributed by atoms with Crippen LogP contribution in [0.5, 0.6) is 0 Å². The van der Waals surface area contributed by atoms with Gasteiger partial charge in [0.15, 0.2) is 0 Å². The van der Waals surface area contributed by atoms with Crippen LogP contribution in [0.15, 0.2) is 12.4 Å². The van der Waals surface area contributed by atoms with Crippen LogP contribution in [0.25, 0.3) is 0 Å². The summed E-state index contributed by atoms with van der Waals surface area (Å²) in [5.41, 5.74) is 0. The molecule has 0 spiro atoms. The van der Waals surface area contributed by atoms with E-state index in [1.807, 2.05) is 13.2 Å². The highest BCUT2D eigenvalue weighted by Gasteiger charge is 2.31. The first-order chi connectivity index (χ1) is 8.36. The van der Waals surface area contributed by atoms with Crippen molar-refractivity contribution in [2.45, 2.75) is 18.9 Å². The van der Waals surface area contributed by atoms with Gasteiger partial charge in [-0.3, -0.25) is 9.88 Å². The Kier molecular flexibility index (Phi) is 2.84. The van der Waals surface area contributed by atoms with Crippen LogP contribution >= 0.6 is 0 Å². The maximum atomic E-state index is 4.53. The van der Waals surface area contributed by atoms with Gasteiger partial charge in [-0.25, -0.2) is 4.98 Å². The number of aromatic nitrogens is 2. The molecule has 1 aliphatic carbocycles. The Labute approximate surface area is 102 Å². The van der Waals surface area contributed by atoms with E-state index < -0.39 is 0 Å². The number of anilines is 2. The van der Waals surface area contributed by atoms with Gasteiger partial charge in [0.05, 0.1) is 12.4 Å². The topological polar surface area (TPSA) is 44.3 Å². The van der Waals surface area contributed by atoms with E-state index in [0.717, 1.165) is 43.9 Å². The van der Waals surface area contributed by atoms with Crippen LogP contribution in [-0.2, 0) is 0 Å². The third kappa shape index (κ3) is 2.34. The summed E-state index contributed by atoms with van der Waals surface area (Å²) in [6.45, 7) is 4.46. The Morgan fingerprint density at radius 2 is 1.94 bits per heavy atom. The average molecular weight is 233 g/mol. The number of nitrogens with one attached hydrogen (secondary N) is 1. The van der Waals surface area contributed by atoms with E-state index in [-0.39, 0.29) is 0 Å². The summed E-state index contributed by atoms with van der Waals surface area (Å²) in [4.78, 5) is 13.7. The van der Waals surface area contributed by atoms with Gasteiger partial charge in [0, 0.05) is 39.3 Å². The van der Waals surface area contributed by atoms with Gasteiger partial charge >= 0.3 is 0 Å². The Morgan fingerprint density at radius 1 is 1.18 bits per heavy atom. The van der Waals surface area contributed by atoms with Gasteiger partial charge in [-0.2, -0.15) is 0 Å². The van der Waals surface area contributed by atoms with Crippen molar-refractivity contribution < 1.29 is 0 Å². The Balaban J connectivity index is 1.64. The molecule has 17 heavy (non-hydrogen) atoms. The van der Waals surface area contributed by atoms with Crippen molar-refractivity contribution in [1.82, 2.24) is 14.9 Å². The zero-order valence-electron chi connectivity index (χ0n) is 10.3. The molecule has 0 atom stereocenters. The minimum atomic E-state index is 0.840. The molecule has 1 aliphatic heterocycles. The fraction of sp³-hybridized carbons (Fsp3) is 0.667. The molecule has 0 bridgehead atoms.